The number of aromatic nitrogens is 1. The number of nitrogens with zero attached hydrogens (tertiary/aromatic N) is 2. The number of hydrogen-bond donors (Lipinski definition) is 0. The van der Waals surface area contributed by atoms with Crippen LogP contribution in [0.25, 0.3) is 0 Å². The highest BCUT2D eigenvalue weighted by Gasteiger charge is 2.42. The van der Waals surface area contributed by atoms with Gasteiger partial charge in [-0.25, -0.2) is 0 Å². The summed E-state index contributed by atoms with van der Waals surface area (Å²) in [6, 6.07) is 7.57. The minimum Gasteiger partial charge on any atom is -0.490 e. The molecule has 1 saturated carbocycles. The van der Waals surface area contributed by atoms with E-state index < -0.39 is 23.8 Å². The molecule has 0 bridgehead atoms. The topological polar surface area (TPSA) is 95.0 Å². The van der Waals surface area contributed by atoms with Crippen molar-refractivity contribution in [1.82, 2.24) is 9.88 Å². The second kappa shape index (κ2) is 9.38. The first kappa shape index (κ1) is 21.8. The number of fused-ring (bicyclic) bond motifs is 1. The number of carbonyl (C=O) groups excluding carboxylic acids is 3. The van der Waals surface area contributed by atoms with Gasteiger partial charge in [0.15, 0.2) is 11.5 Å². The Hall–Kier alpha value is -3.42. The molecule has 1 atom stereocenters. The highest BCUT2D eigenvalue weighted by Crippen LogP contribution is 2.38. The summed E-state index contributed by atoms with van der Waals surface area (Å²) in [6.07, 6.45) is 5.71. The lowest BCUT2D eigenvalue weighted by Gasteiger charge is -2.26. The van der Waals surface area contributed by atoms with E-state index in [-0.39, 0.29) is 23.8 Å². The van der Waals surface area contributed by atoms with Crippen LogP contribution in [0.2, 0.25) is 0 Å². The van der Waals surface area contributed by atoms with Crippen molar-refractivity contribution in [2.45, 2.75) is 51.2 Å². The smallest absolute Gasteiger partial charge is 0.307 e. The predicted molar refractivity (Wildman–Crippen MR) is 115 cm³/mol. The van der Waals surface area contributed by atoms with Crippen LogP contribution in [0.4, 0.5) is 0 Å². The van der Waals surface area contributed by atoms with E-state index in [0.717, 1.165) is 30.6 Å². The number of methoxy groups -OCH3 is 1. The first-order valence-electron chi connectivity index (χ1n) is 10.9. The van der Waals surface area contributed by atoms with E-state index in [0.29, 0.717) is 23.7 Å². The van der Waals surface area contributed by atoms with E-state index in [9.17, 15) is 14.4 Å². The van der Waals surface area contributed by atoms with Gasteiger partial charge in [0.05, 0.1) is 37.8 Å². The zero-order valence-corrected chi connectivity index (χ0v) is 18.2. The molecular formula is C24H26N2O6. The zero-order valence-electron chi connectivity index (χ0n) is 18.2. The molecule has 8 nitrogen and oxygen atoms in total. The number of imide groups is 1. The van der Waals surface area contributed by atoms with Crippen LogP contribution in [-0.2, 0) is 9.53 Å². The summed E-state index contributed by atoms with van der Waals surface area (Å²) < 4.78 is 16.8. The summed E-state index contributed by atoms with van der Waals surface area (Å²) in [5.74, 6) is -0.436. The van der Waals surface area contributed by atoms with Gasteiger partial charge >= 0.3 is 5.97 Å². The first-order valence-corrected chi connectivity index (χ1v) is 10.9. The summed E-state index contributed by atoms with van der Waals surface area (Å²) in [5, 5.41) is 0. The lowest BCUT2D eigenvalue weighted by Crippen LogP contribution is -2.35. The molecule has 1 aromatic carbocycles. The van der Waals surface area contributed by atoms with Gasteiger partial charge in [-0.2, -0.15) is 0 Å². The molecule has 1 aromatic heterocycles. The molecule has 1 unspecified atom stereocenters. The quantitative estimate of drug-likeness (QED) is 0.458. The summed E-state index contributed by atoms with van der Waals surface area (Å²) in [7, 11) is 1.27. The van der Waals surface area contributed by atoms with Crippen molar-refractivity contribution in [3.63, 3.8) is 0 Å². The molecule has 0 radical (unpaired) electrons. The lowest BCUT2D eigenvalue weighted by molar-refractivity contribution is -0.141. The minimum atomic E-state index is -0.864. The highest BCUT2D eigenvalue weighted by molar-refractivity contribution is 6.20. The maximum absolute atomic E-state index is 13.1. The summed E-state index contributed by atoms with van der Waals surface area (Å²) >= 11 is 0. The van der Waals surface area contributed by atoms with Crippen molar-refractivity contribution >= 4 is 17.8 Å². The van der Waals surface area contributed by atoms with Gasteiger partial charge in [0.2, 0.25) is 0 Å². The number of rotatable bonds is 8. The number of amides is 2. The van der Waals surface area contributed by atoms with Crippen LogP contribution in [-0.4, -0.2) is 47.5 Å². The molecule has 32 heavy (non-hydrogen) atoms. The third-order valence-electron chi connectivity index (χ3n) is 5.83. The molecule has 0 spiro atoms. The van der Waals surface area contributed by atoms with E-state index in [4.69, 9.17) is 14.2 Å². The molecule has 168 valence electrons. The van der Waals surface area contributed by atoms with Crippen molar-refractivity contribution in [3.05, 3.63) is 53.3 Å². The van der Waals surface area contributed by atoms with Crippen LogP contribution in [0.5, 0.6) is 11.5 Å². The fourth-order valence-electron chi connectivity index (χ4n) is 4.25. The fraction of sp³-hybridized carbons (Fsp3) is 0.417. The predicted octanol–water partition coefficient (Wildman–Crippen LogP) is 3.70. The molecule has 4 rings (SSSR count). The second-order valence-electron chi connectivity index (χ2n) is 7.84. The zero-order chi connectivity index (χ0) is 22.7. The Balaban J connectivity index is 1.70. The Bertz CT molecular complexity index is 996. The monoisotopic (exact) mass is 438 g/mol. The molecule has 2 heterocycles. The van der Waals surface area contributed by atoms with E-state index in [1.807, 2.05) is 6.92 Å². The SMILES string of the molecule is CCOc1cc(C(CC(=O)OC)N2C(=O)c3cccnc3C2=O)ccc1OC1CCCC1. The number of hydrogen-bond acceptors (Lipinski definition) is 7. The summed E-state index contributed by atoms with van der Waals surface area (Å²) in [5.41, 5.74) is 0.879. The van der Waals surface area contributed by atoms with Crippen LogP contribution >= 0.6 is 0 Å². The van der Waals surface area contributed by atoms with Crippen molar-refractivity contribution in [2.24, 2.45) is 0 Å². The average Bonchev–Trinajstić information content (AvgIpc) is 3.40. The van der Waals surface area contributed by atoms with Crippen molar-refractivity contribution in [2.75, 3.05) is 13.7 Å². The number of carbonyl (C=O) groups is 3. The minimum absolute atomic E-state index is 0.0820. The molecule has 2 amide bonds. The normalized spacial score (nSPS) is 16.8. The number of ether oxygens (including phenoxy) is 3. The third-order valence-corrected chi connectivity index (χ3v) is 5.83. The second-order valence-corrected chi connectivity index (χ2v) is 7.84. The Morgan fingerprint density at radius 2 is 1.94 bits per heavy atom. The van der Waals surface area contributed by atoms with E-state index in [2.05, 4.69) is 4.98 Å². The molecule has 8 heteroatoms. The Morgan fingerprint density at radius 1 is 1.16 bits per heavy atom. The van der Waals surface area contributed by atoms with Gasteiger partial charge in [-0.05, 0) is 62.4 Å². The standard InChI is InChI=1S/C24H26N2O6/c1-3-31-20-13-15(10-11-19(20)32-16-7-4-5-8-16)18(14-21(27)30-2)26-23(28)17-9-6-12-25-22(17)24(26)29/h6,9-13,16,18H,3-5,7-8,14H2,1-2H3. The van der Waals surface area contributed by atoms with E-state index in [1.54, 1.807) is 30.3 Å². The first-order chi connectivity index (χ1) is 15.5. The van der Waals surface area contributed by atoms with Gasteiger partial charge < -0.3 is 14.2 Å². The average molecular weight is 438 g/mol. The Morgan fingerprint density at radius 3 is 2.62 bits per heavy atom. The highest BCUT2D eigenvalue weighted by atomic mass is 16.5. The van der Waals surface area contributed by atoms with Gasteiger partial charge in [-0.3, -0.25) is 24.3 Å². The molecule has 0 N–H and O–H groups in total. The van der Waals surface area contributed by atoms with Crippen LogP contribution < -0.4 is 9.47 Å². The summed E-state index contributed by atoms with van der Waals surface area (Å²) in [4.78, 5) is 43.4. The van der Waals surface area contributed by atoms with Crippen molar-refractivity contribution in [1.29, 1.82) is 0 Å². The van der Waals surface area contributed by atoms with E-state index in [1.165, 1.54) is 13.3 Å². The maximum Gasteiger partial charge on any atom is 0.307 e. The molecule has 0 saturated heterocycles. The number of pyridine rings is 1. The molecule has 2 aliphatic rings. The Labute approximate surface area is 186 Å². The fourth-order valence-corrected chi connectivity index (χ4v) is 4.25. The maximum atomic E-state index is 13.1. The molecular weight excluding hydrogens is 412 g/mol. The van der Waals surface area contributed by atoms with Gasteiger partial charge in [-0.1, -0.05) is 6.07 Å². The third kappa shape index (κ3) is 4.17. The molecule has 1 aliphatic heterocycles. The number of esters is 1. The van der Waals surface area contributed by atoms with Crippen LogP contribution in [0.1, 0.15) is 71.5 Å². The molecule has 2 aromatic rings. The van der Waals surface area contributed by atoms with Gasteiger partial charge in [0.25, 0.3) is 11.8 Å². The van der Waals surface area contributed by atoms with Gasteiger partial charge in [0.1, 0.15) is 5.69 Å². The van der Waals surface area contributed by atoms with Gasteiger partial charge in [-0.15, -0.1) is 0 Å². The van der Waals surface area contributed by atoms with E-state index >= 15 is 0 Å². The largest absolute Gasteiger partial charge is 0.490 e. The van der Waals surface area contributed by atoms with Crippen LogP contribution in [0, 0.1) is 0 Å². The van der Waals surface area contributed by atoms with Crippen molar-refractivity contribution < 1.29 is 28.6 Å². The molecule has 1 fully saturated rings. The molecule has 1 aliphatic carbocycles. The van der Waals surface area contributed by atoms with Crippen molar-refractivity contribution in [3.8, 4) is 11.5 Å². The Kier molecular flexibility index (Phi) is 6.39. The van der Waals surface area contributed by atoms with Crippen LogP contribution in [0.3, 0.4) is 0 Å². The van der Waals surface area contributed by atoms with Crippen LogP contribution in [0.15, 0.2) is 36.5 Å². The number of benzene rings is 1. The summed E-state index contributed by atoms with van der Waals surface area (Å²) in [6.45, 7) is 2.29. The van der Waals surface area contributed by atoms with Gasteiger partial charge in [0, 0.05) is 6.20 Å². The lowest BCUT2D eigenvalue weighted by atomic mass is 10.0.